The van der Waals surface area contributed by atoms with Crippen molar-refractivity contribution in [3.8, 4) is 6.07 Å². The van der Waals surface area contributed by atoms with Crippen LogP contribution in [0.4, 0.5) is 10.5 Å². The largest absolute Gasteiger partial charge is 0.444 e. The van der Waals surface area contributed by atoms with Crippen LogP contribution in [0.1, 0.15) is 33.3 Å². The summed E-state index contributed by atoms with van der Waals surface area (Å²) in [6.07, 6.45) is -0.657. The molecule has 0 fully saturated rings. The zero-order valence-electron chi connectivity index (χ0n) is 12.6. The number of carbonyl (C=O) groups excluding carboxylic acids is 2. The van der Waals surface area contributed by atoms with Crippen LogP contribution in [0.15, 0.2) is 24.3 Å². The van der Waals surface area contributed by atoms with E-state index in [9.17, 15) is 9.59 Å². The van der Waals surface area contributed by atoms with Crippen molar-refractivity contribution in [3.63, 3.8) is 0 Å². The SMILES string of the molecule is C[C@@H](NC(=O)OC(C)(C)C)C(=O)Nc1cccc(C#N)c1. The molecule has 21 heavy (non-hydrogen) atoms. The number of anilines is 1. The van der Waals surface area contributed by atoms with Crippen LogP contribution in [0.3, 0.4) is 0 Å². The molecule has 0 bridgehead atoms. The van der Waals surface area contributed by atoms with Gasteiger partial charge in [0.15, 0.2) is 0 Å². The fourth-order valence-corrected chi connectivity index (χ4v) is 1.47. The first-order chi connectivity index (χ1) is 9.71. The van der Waals surface area contributed by atoms with E-state index in [4.69, 9.17) is 10.00 Å². The summed E-state index contributed by atoms with van der Waals surface area (Å²) in [4.78, 5) is 23.5. The van der Waals surface area contributed by atoms with E-state index < -0.39 is 23.6 Å². The molecule has 1 aromatic carbocycles. The summed E-state index contributed by atoms with van der Waals surface area (Å²) < 4.78 is 5.07. The first kappa shape index (κ1) is 16.5. The molecule has 1 rings (SSSR count). The van der Waals surface area contributed by atoms with Crippen molar-refractivity contribution < 1.29 is 14.3 Å². The molecule has 0 aromatic heterocycles. The molecule has 0 aliphatic heterocycles. The molecule has 6 heteroatoms. The highest BCUT2D eigenvalue weighted by molar-refractivity contribution is 5.96. The number of alkyl carbamates (subject to hydrolysis) is 1. The lowest BCUT2D eigenvalue weighted by Gasteiger charge is -2.21. The summed E-state index contributed by atoms with van der Waals surface area (Å²) in [5, 5.41) is 13.9. The molecular weight excluding hydrogens is 270 g/mol. The molecule has 1 atom stereocenters. The van der Waals surface area contributed by atoms with Gasteiger partial charge in [0.2, 0.25) is 5.91 Å². The van der Waals surface area contributed by atoms with Gasteiger partial charge in [0.1, 0.15) is 11.6 Å². The average Bonchev–Trinajstić information content (AvgIpc) is 2.36. The summed E-state index contributed by atoms with van der Waals surface area (Å²) in [5.41, 5.74) is 0.318. The van der Waals surface area contributed by atoms with Gasteiger partial charge in [-0.15, -0.1) is 0 Å². The van der Waals surface area contributed by atoms with Crippen LogP contribution in [0, 0.1) is 11.3 Å². The number of nitriles is 1. The fraction of sp³-hybridized carbons (Fsp3) is 0.400. The number of nitrogens with zero attached hydrogens (tertiary/aromatic N) is 1. The molecule has 0 aliphatic carbocycles. The lowest BCUT2D eigenvalue weighted by atomic mass is 10.2. The third-order valence-electron chi connectivity index (χ3n) is 2.39. The number of rotatable bonds is 3. The Morgan fingerprint density at radius 1 is 1.33 bits per heavy atom. The number of nitrogens with one attached hydrogen (secondary N) is 2. The summed E-state index contributed by atoms with van der Waals surface area (Å²) >= 11 is 0. The minimum absolute atomic E-state index is 0.393. The third-order valence-corrected chi connectivity index (χ3v) is 2.39. The molecule has 0 saturated heterocycles. The Morgan fingerprint density at radius 2 is 2.00 bits per heavy atom. The molecule has 6 nitrogen and oxygen atoms in total. The second kappa shape index (κ2) is 6.75. The number of carbonyl (C=O) groups is 2. The summed E-state index contributed by atoms with van der Waals surface area (Å²) in [6, 6.07) is 7.75. The average molecular weight is 289 g/mol. The van der Waals surface area contributed by atoms with Crippen molar-refractivity contribution in [3.05, 3.63) is 29.8 Å². The van der Waals surface area contributed by atoms with Gasteiger partial charge < -0.3 is 15.4 Å². The Balaban J connectivity index is 2.59. The minimum atomic E-state index is -0.759. The van der Waals surface area contributed by atoms with Crippen molar-refractivity contribution in [2.24, 2.45) is 0 Å². The lowest BCUT2D eigenvalue weighted by molar-refractivity contribution is -0.117. The van der Waals surface area contributed by atoms with Crippen LogP contribution in [0.5, 0.6) is 0 Å². The van der Waals surface area contributed by atoms with Crippen LogP contribution >= 0.6 is 0 Å². The molecule has 2 N–H and O–H groups in total. The molecule has 0 saturated carbocycles. The summed E-state index contributed by atoms with van der Waals surface area (Å²) in [7, 11) is 0. The van der Waals surface area contributed by atoms with Gasteiger partial charge in [0.25, 0.3) is 0 Å². The number of ether oxygens (including phenoxy) is 1. The topological polar surface area (TPSA) is 91.2 Å². The number of hydrogen-bond acceptors (Lipinski definition) is 4. The summed E-state index contributed by atoms with van der Waals surface area (Å²) in [5.74, 6) is -0.393. The van der Waals surface area contributed by atoms with Gasteiger partial charge in [0, 0.05) is 5.69 Å². The standard InChI is InChI=1S/C15H19N3O3/c1-10(17-14(20)21-15(2,3)4)13(19)18-12-7-5-6-11(8-12)9-16/h5-8,10H,1-4H3,(H,17,20)(H,18,19)/t10-/m1/s1. The van der Waals surface area contributed by atoms with Gasteiger partial charge in [-0.3, -0.25) is 4.79 Å². The van der Waals surface area contributed by atoms with Crippen molar-refractivity contribution in [1.82, 2.24) is 5.32 Å². The highest BCUT2D eigenvalue weighted by Gasteiger charge is 2.21. The number of hydrogen-bond donors (Lipinski definition) is 2. The number of amides is 2. The molecule has 0 radical (unpaired) electrons. The van der Waals surface area contributed by atoms with Crippen molar-refractivity contribution in [1.29, 1.82) is 5.26 Å². The Morgan fingerprint density at radius 3 is 2.57 bits per heavy atom. The van der Waals surface area contributed by atoms with Crippen molar-refractivity contribution >= 4 is 17.7 Å². The van der Waals surface area contributed by atoms with Crippen molar-refractivity contribution in [2.75, 3.05) is 5.32 Å². The molecular formula is C15H19N3O3. The van der Waals surface area contributed by atoms with E-state index >= 15 is 0 Å². The zero-order valence-corrected chi connectivity index (χ0v) is 12.6. The molecule has 1 aromatic rings. The highest BCUT2D eigenvalue weighted by atomic mass is 16.6. The fourth-order valence-electron chi connectivity index (χ4n) is 1.47. The van der Waals surface area contributed by atoms with E-state index in [1.54, 1.807) is 52.0 Å². The first-order valence-corrected chi connectivity index (χ1v) is 6.52. The summed E-state index contributed by atoms with van der Waals surface area (Å²) in [6.45, 7) is 6.77. The van der Waals surface area contributed by atoms with E-state index in [1.807, 2.05) is 6.07 Å². The third kappa shape index (κ3) is 5.95. The van der Waals surface area contributed by atoms with Crippen LogP contribution in [0.2, 0.25) is 0 Å². The van der Waals surface area contributed by atoms with E-state index in [-0.39, 0.29) is 0 Å². The van der Waals surface area contributed by atoms with Gasteiger partial charge in [-0.05, 0) is 45.9 Å². The van der Waals surface area contributed by atoms with Crippen LogP contribution in [-0.2, 0) is 9.53 Å². The van der Waals surface area contributed by atoms with E-state index in [1.165, 1.54) is 0 Å². The number of benzene rings is 1. The maximum Gasteiger partial charge on any atom is 0.408 e. The maximum absolute atomic E-state index is 11.9. The minimum Gasteiger partial charge on any atom is -0.444 e. The van der Waals surface area contributed by atoms with Gasteiger partial charge in [0.05, 0.1) is 11.6 Å². The van der Waals surface area contributed by atoms with Crippen molar-refractivity contribution in [2.45, 2.75) is 39.3 Å². The van der Waals surface area contributed by atoms with Crippen LogP contribution in [0.25, 0.3) is 0 Å². The van der Waals surface area contributed by atoms with E-state index in [0.717, 1.165) is 0 Å². The monoisotopic (exact) mass is 289 g/mol. The predicted molar refractivity (Wildman–Crippen MR) is 78.6 cm³/mol. The molecule has 0 aliphatic rings. The molecule has 2 amide bonds. The predicted octanol–water partition coefficient (Wildman–Crippen LogP) is 2.41. The molecule has 0 heterocycles. The Hall–Kier alpha value is -2.55. The second-order valence-corrected chi connectivity index (χ2v) is 5.55. The lowest BCUT2D eigenvalue weighted by Crippen LogP contribution is -2.43. The zero-order chi connectivity index (χ0) is 16.0. The second-order valence-electron chi connectivity index (χ2n) is 5.55. The van der Waals surface area contributed by atoms with E-state index in [2.05, 4.69) is 10.6 Å². The molecule has 0 unspecified atom stereocenters. The normalized spacial score (nSPS) is 12.0. The van der Waals surface area contributed by atoms with E-state index in [0.29, 0.717) is 11.3 Å². The maximum atomic E-state index is 11.9. The van der Waals surface area contributed by atoms with Gasteiger partial charge in [-0.1, -0.05) is 6.07 Å². The first-order valence-electron chi connectivity index (χ1n) is 6.52. The molecule has 112 valence electrons. The smallest absolute Gasteiger partial charge is 0.408 e. The van der Waals surface area contributed by atoms with Gasteiger partial charge in [-0.2, -0.15) is 5.26 Å². The quantitative estimate of drug-likeness (QED) is 0.893. The Kier molecular flexibility index (Phi) is 5.30. The highest BCUT2D eigenvalue weighted by Crippen LogP contribution is 2.10. The molecule has 0 spiro atoms. The van der Waals surface area contributed by atoms with Crippen LogP contribution < -0.4 is 10.6 Å². The Bertz CT molecular complexity index is 570. The Labute approximate surface area is 124 Å². The van der Waals surface area contributed by atoms with Gasteiger partial charge >= 0.3 is 6.09 Å². The van der Waals surface area contributed by atoms with Crippen LogP contribution in [-0.4, -0.2) is 23.6 Å². The van der Waals surface area contributed by atoms with Gasteiger partial charge in [-0.25, -0.2) is 4.79 Å².